The zero-order chi connectivity index (χ0) is 12.2. The summed E-state index contributed by atoms with van der Waals surface area (Å²) in [6.45, 7) is 1.70. The van der Waals surface area contributed by atoms with Crippen LogP contribution in [0.1, 0.15) is 6.92 Å². The highest BCUT2D eigenvalue weighted by molar-refractivity contribution is 7.92. The molecule has 0 aliphatic rings. The third-order valence-electron chi connectivity index (χ3n) is 1.81. The molecule has 0 aliphatic carbocycles. The van der Waals surface area contributed by atoms with Gasteiger partial charge in [-0.25, -0.2) is 12.8 Å². The molecule has 0 aliphatic heterocycles. The van der Waals surface area contributed by atoms with Crippen LogP contribution in [0.15, 0.2) is 18.5 Å². The van der Waals surface area contributed by atoms with Crippen LogP contribution in [0.5, 0.6) is 0 Å². The van der Waals surface area contributed by atoms with Crippen molar-refractivity contribution in [1.82, 2.24) is 4.98 Å². The van der Waals surface area contributed by atoms with E-state index in [4.69, 9.17) is 11.6 Å². The van der Waals surface area contributed by atoms with Gasteiger partial charge >= 0.3 is 0 Å². The molecule has 0 amide bonds. The summed E-state index contributed by atoms with van der Waals surface area (Å²) in [5, 5.41) is 0. The Bertz CT molecular complexity index is 453. The van der Waals surface area contributed by atoms with Gasteiger partial charge in [-0.05, 0) is 12.0 Å². The second-order valence-corrected chi connectivity index (χ2v) is 5.57. The van der Waals surface area contributed by atoms with Crippen LogP contribution >= 0.6 is 11.6 Å². The van der Waals surface area contributed by atoms with E-state index in [0.717, 1.165) is 6.20 Å². The van der Waals surface area contributed by atoms with Crippen LogP contribution in [0.25, 0.3) is 0 Å². The van der Waals surface area contributed by atoms with Gasteiger partial charge in [-0.3, -0.25) is 9.71 Å². The van der Waals surface area contributed by atoms with Gasteiger partial charge in [0.05, 0.1) is 17.6 Å². The highest BCUT2D eigenvalue weighted by Gasteiger charge is 2.16. The fraction of sp³-hybridized carbons (Fsp3) is 0.444. The number of pyridine rings is 1. The maximum Gasteiger partial charge on any atom is 0.233 e. The molecule has 0 saturated heterocycles. The van der Waals surface area contributed by atoms with Gasteiger partial charge in [0.2, 0.25) is 10.0 Å². The standard InChI is InChI=1S/C9H12ClFN2O2S/c1-7(4-10)6-16(14,15)13-9-2-3-12-5-8(9)11/h2-3,5,7H,4,6H2,1H3,(H,12,13). The number of nitrogens with zero attached hydrogens (tertiary/aromatic N) is 1. The smallest absolute Gasteiger partial charge is 0.233 e. The van der Waals surface area contributed by atoms with E-state index in [1.165, 1.54) is 12.3 Å². The largest absolute Gasteiger partial charge is 0.280 e. The maximum atomic E-state index is 13.1. The quantitative estimate of drug-likeness (QED) is 0.828. The minimum absolute atomic E-state index is 0.100. The Balaban J connectivity index is 2.77. The molecule has 90 valence electrons. The second-order valence-electron chi connectivity index (χ2n) is 3.50. The molecular weight excluding hydrogens is 255 g/mol. The Labute approximate surface area is 98.9 Å². The summed E-state index contributed by atoms with van der Waals surface area (Å²) in [7, 11) is -3.57. The molecule has 0 bridgehead atoms. The van der Waals surface area contributed by atoms with Gasteiger partial charge < -0.3 is 0 Å². The fourth-order valence-corrected chi connectivity index (χ4v) is 2.78. The van der Waals surface area contributed by atoms with E-state index in [1.807, 2.05) is 0 Å². The molecule has 1 heterocycles. The number of nitrogens with one attached hydrogen (secondary N) is 1. The Morgan fingerprint density at radius 3 is 2.88 bits per heavy atom. The molecule has 1 atom stereocenters. The van der Waals surface area contributed by atoms with E-state index >= 15 is 0 Å². The van der Waals surface area contributed by atoms with E-state index < -0.39 is 15.8 Å². The first-order chi connectivity index (χ1) is 7.44. The summed E-state index contributed by atoms with van der Waals surface area (Å²) in [5.41, 5.74) is -0.100. The summed E-state index contributed by atoms with van der Waals surface area (Å²) >= 11 is 5.52. The lowest BCUT2D eigenvalue weighted by molar-refractivity contribution is 0.586. The van der Waals surface area contributed by atoms with Gasteiger partial charge in [-0.15, -0.1) is 11.6 Å². The lowest BCUT2D eigenvalue weighted by Crippen LogP contribution is -2.22. The van der Waals surface area contributed by atoms with Crippen LogP contribution in [0.4, 0.5) is 10.1 Å². The van der Waals surface area contributed by atoms with E-state index in [0.29, 0.717) is 0 Å². The van der Waals surface area contributed by atoms with Crippen LogP contribution in [0.2, 0.25) is 0 Å². The monoisotopic (exact) mass is 266 g/mol. The van der Waals surface area contributed by atoms with Crippen molar-refractivity contribution in [3.63, 3.8) is 0 Å². The first-order valence-electron chi connectivity index (χ1n) is 4.60. The summed E-state index contributed by atoms with van der Waals surface area (Å²) in [6.07, 6.45) is 2.26. The predicted octanol–water partition coefficient (Wildman–Crippen LogP) is 1.84. The first-order valence-corrected chi connectivity index (χ1v) is 6.79. The van der Waals surface area contributed by atoms with Crippen LogP contribution in [-0.2, 0) is 10.0 Å². The van der Waals surface area contributed by atoms with E-state index in [2.05, 4.69) is 9.71 Å². The second kappa shape index (κ2) is 5.45. The number of alkyl halides is 1. The highest BCUT2D eigenvalue weighted by Crippen LogP contribution is 2.14. The van der Waals surface area contributed by atoms with Gasteiger partial charge in [-0.2, -0.15) is 0 Å². The number of halogens is 2. The molecule has 4 nitrogen and oxygen atoms in total. The van der Waals surface area contributed by atoms with Crippen LogP contribution in [0, 0.1) is 11.7 Å². The molecule has 16 heavy (non-hydrogen) atoms. The summed E-state index contributed by atoms with van der Waals surface area (Å²) in [4.78, 5) is 3.52. The van der Waals surface area contributed by atoms with Gasteiger partial charge in [0.25, 0.3) is 0 Å². The van der Waals surface area contributed by atoms with E-state index in [-0.39, 0.29) is 23.2 Å². The Morgan fingerprint density at radius 2 is 2.31 bits per heavy atom. The van der Waals surface area contributed by atoms with Gasteiger partial charge in [0.1, 0.15) is 0 Å². The molecule has 1 unspecified atom stereocenters. The van der Waals surface area contributed by atoms with E-state index in [9.17, 15) is 12.8 Å². The van der Waals surface area contributed by atoms with Crippen molar-refractivity contribution in [3.05, 3.63) is 24.3 Å². The fourth-order valence-electron chi connectivity index (χ4n) is 1.09. The number of sulfonamides is 1. The summed E-state index contributed by atoms with van der Waals surface area (Å²) in [6, 6.07) is 1.26. The van der Waals surface area contributed by atoms with Crippen molar-refractivity contribution in [2.75, 3.05) is 16.4 Å². The summed E-state index contributed by atoms with van der Waals surface area (Å²) < 4.78 is 38.4. The number of hydrogen-bond donors (Lipinski definition) is 1. The molecule has 0 fully saturated rings. The maximum absolute atomic E-state index is 13.1. The minimum Gasteiger partial charge on any atom is -0.280 e. The van der Waals surface area contributed by atoms with Crippen molar-refractivity contribution in [1.29, 1.82) is 0 Å². The van der Waals surface area contributed by atoms with Crippen molar-refractivity contribution in [3.8, 4) is 0 Å². The Hall–Kier alpha value is -0.880. The molecule has 1 aromatic heterocycles. The van der Waals surface area contributed by atoms with Crippen molar-refractivity contribution >= 4 is 27.3 Å². The average Bonchev–Trinajstić information content (AvgIpc) is 2.20. The number of hydrogen-bond acceptors (Lipinski definition) is 3. The number of aromatic nitrogens is 1. The van der Waals surface area contributed by atoms with Crippen LogP contribution in [-0.4, -0.2) is 25.0 Å². The molecule has 7 heteroatoms. The van der Waals surface area contributed by atoms with Crippen LogP contribution < -0.4 is 4.72 Å². The average molecular weight is 267 g/mol. The number of anilines is 1. The van der Waals surface area contributed by atoms with Crippen LogP contribution in [0.3, 0.4) is 0 Å². The van der Waals surface area contributed by atoms with Crippen molar-refractivity contribution in [2.45, 2.75) is 6.92 Å². The third-order valence-corrected chi connectivity index (χ3v) is 3.87. The number of rotatable bonds is 5. The molecule has 1 aromatic rings. The SMILES string of the molecule is CC(CCl)CS(=O)(=O)Nc1ccncc1F. The molecule has 1 rings (SSSR count). The molecule has 0 aromatic carbocycles. The lowest BCUT2D eigenvalue weighted by Gasteiger charge is -2.11. The lowest BCUT2D eigenvalue weighted by atomic mass is 10.3. The minimum atomic E-state index is -3.57. The molecular formula is C9H12ClFN2O2S. The predicted molar refractivity (Wildman–Crippen MR) is 61.5 cm³/mol. The molecule has 0 radical (unpaired) electrons. The molecule has 0 spiro atoms. The van der Waals surface area contributed by atoms with Gasteiger partial charge in [0.15, 0.2) is 5.82 Å². The normalized spacial score (nSPS) is 13.4. The highest BCUT2D eigenvalue weighted by atomic mass is 35.5. The topological polar surface area (TPSA) is 59.1 Å². The van der Waals surface area contributed by atoms with Crippen molar-refractivity contribution < 1.29 is 12.8 Å². The zero-order valence-corrected chi connectivity index (χ0v) is 10.2. The molecule has 1 N–H and O–H groups in total. The van der Waals surface area contributed by atoms with Crippen molar-refractivity contribution in [2.24, 2.45) is 5.92 Å². The zero-order valence-electron chi connectivity index (χ0n) is 8.65. The van der Waals surface area contributed by atoms with E-state index in [1.54, 1.807) is 6.92 Å². The molecule has 0 saturated carbocycles. The van der Waals surface area contributed by atoms with Gasteiger partial charge in [-0.1, -0.05) is 6.92 Å². The Morgan fingerprint density at radius 1 is 1.62 bits per heavy atom. The summed E-state index contributed by atoms with van der Waals surface area (Å²) in [5.74, 6) is -0.800. The van der Waals surface area contributed by atoms with Gasteiger partial charge in [0, 0.05) is 12.1 Å². The first kappa shape index (κ1) is 13.2. The Kier molecular flexibility index (Phi) is 4.49. The third kappa shape index (κ3) is 3.94.